The van der Waals surface area contributed by atoms with Gasteiger partial charge in [0.2, 0.25) is 0 Å². The van der Waals surface area contributed by atoms with E-state index in [1.165, 1.54) is 16.4 Å². The first-order valence-electron chi connectivity index (χ1n) is 9.32. The molecule has 0 atom stereocenters. The van der Waals surface area contributed by atoms with Crippen LogP contribution in [0.15, 0.2) is 71.6 Å². The highest BCUT2D eigenvalue weighted by Crippen LogP contribution is 2.37. The molecule has 4 nitrogen and oxygen atoms in total. The number of hydrogen-bond donors (Lipinski definition) is 1. The largest absolute Gasteiger partial charge is 0.416 e. The van der Waals surface area contributed by atoms with Crippen molar-refractivity contribution in [2.24, 2.45) is 5.73 Å². The third-order valence-electron chi connectivity index (χ3n) is 5.23. The van der Waals surface area contributed by atoms with Gasteiger partial charge in [-0.15, -0.1) is 0 Å². The van der Waals surface area contributed by atoms with Crippen LogP contribution in [0.3, 0.4) is 0 Å². The van der Waals surface area contributed by atoms with Crippen LogP contribution < -0.4 is 10.0 Å². The highest BCUT2D eigenvalue weighted by atomic mass is 32.2. The number of fused-ring (bicyclic) bond motifs is 1. The van der Waals surface area contributed by atoms with Crippen LogP contribution in [0.5, 0.6) is 0 Å². The summed E-state index contributed by atoms with van der Waals surface area (Å²) in [6.45, 7) is 0.645. The Kier molecular flexibility index (Phi) is 5.07. The molecule has 0 radical (unpaired) electrons. The van der Waals surface area contributed by atoms with Crippen LogP contribution in [0.4, 0.5) is 18.9 Å². The van der Waals surface area contributed by atoms with Crippen molar-refractivity contribution in [2.45, 2.75) is 24.0 Å². The van der Waals surface area contributed by atoms with Gasteiger partial charge >= 0.3 is 6.18 Å². The van der Waals surface area contributed by atoms with Crippen molar-refractivity contribution in [1.82, 2.24) is 0 Å². The quantitative estimate of drug-likeness (QED) is 0.656. The Bertz CT molecular complexity index is 1170. The van der Waals surface area contributed by atoms with Crippen LogP contribution in [0.2, 0.25) is 0 Å². The Morgan fingerprint density at radius 1 is 0.900 bits per heavy atom. The molecule has 1 aliphatic rings. The molecule has 156 valence electrons. The van der Waals surface area contributed by atoms with Crippen LogP contribution in [0.25, 0.3) is 11.1 Å². The number of sulfonamides is 1. The van der Waals surface area contributed by atoms with Gasteiger partial charge in [-0.05, 0) is 65.1 Å². The summed E-state index contributed by atoms with van der Waals surface area (Å²) in [6.07, 6.45) is -3.85. The first-order chi connectivity index (χ1) is 14.2. The molecule has 0 bridgehead atoms. The van der Waals surface area contributed by atoms with Crippen LogP contribution >= 0.6 is 0 Å². The van der Waals surface area contributed by atoms with E-state index in [0.717, 1.165) is 28.8 Å². The Morgan fingerprint density at radius 3 is 2.13 bits per heavy atom. The fourth-order valence-electron chi connectivity index (χ4n) is 3.58. The van der Waals surface area contributed by atoms with Gasteiger partial charge in [-0.1, -0.05) is 30.3 Å². The highest BCUT2D eigenvalue weighted by Gasteiger charge is 2.32. The summed E-state index contributed by atoms with van der Waals surface area (Å²) in [5.74, 6) is 0. The molecule has 0 saturated heterocycles. The van der Waals surface area contributed by atoms with Crippen molar-refractivity contribution in [3.63, 3.8) is 0 Å². The molecule has 1 heterocycles. The summed E-state index contributed by atoms with van der Waals surface area (Å²) >= 11 is 0. The van der Waals surface area contributed by atoms with E-state index in [1.807, 2.05) is 6.07 Å². The minimum atomic E-state index is -4.38. The lowest BCUT2D eigenvalue weighted by atomic mass is 10.0. The van der Waals surface area contributed by atoms with E-state index in [2.05, 4.69) is 0 Å². The molecule has 3 aromatic rings. The summed E-state index contributed by atoms with van der Waals surface area (Å²) in [4.78, 5) is 0.194. The standard InChI is InChI=1S/C22H19F3N2O2S/c23-22(24,25)19-6-3-16(4-7-19)17-5-10-21-18(13-17)11-12-27(21)30(28,29)20-8-1-15(14-26)2-9-20/h1-10,13H,11-12,14,26H2. The third kappa shape index (κ3) is 3.68. The fourth-order valence-corrected chi connectivity index (χ4v) is 5.08. The normalized spacial score (nSPS) is 14.1. The van der Waals surface area contributed by atoms with E-state index in [0.29, 0.717) is 30.8 Å². The van der Waals surface area contributed by atoms with Crippen molar-refractivity contribution < 1.29 is 21.6 Å². The number of halogens is 3. The van der Waals surface area contributed by atoms with Crippen molar-refractivity contribution in [3.05, 3.63) is 83.4 Å². The monoisotopic (exact) mass is 432 g/mol. The topological polar surface area (TPSA) is 63.4 Å². The molecule has 1 aliphatic heterocycles. The van der Waals surface area contributed by atoms with E-state index in [-0.39, 0.29) is 4.90 Å². The second kappa shape index (κ2) is 7.45. The maximum absolute atomic E-state index is 13.1. The second-order valence-corrected chi connectivity index (χ2v) is 8.96. The smallest absolute Gasteiger partial charge is 0.326 e. The van der Waals surface area contributed by atoms with Crippen LogP contribution in [-0.2, 0) is 29.2 Å². The predicted molar refractivity (Wildman–Crippen MR) is 109 cm³/mol. The van der Waals surface area contributed by atoms with Gasteiger partial charge < -0.3 is 5.73 Å². The van der Waals surface area contributed by atoms with Gasteiger partial charge in [-0.2, -0.15) is 13.2 Å². The van der Waals surface area contributed by atoms with Crippen LogP contribution in [0, 0.1) is 0 Å². The van der Waals surface area contributed by atoms with Crippen molar-refractivity contribution >= 4 is 15.7 Å². The van der Waals surface area contributed by atoms with Gasteiger partial charge in [0.1, 0.15) is 0 Å². The molecule has 8 heteroatoms. The molecule has 0 aromatic heterocycles. The number of hydrogen-bond acceptors (Lipinski definition) is 3. The molecule has 0 aliphatic carbocycles. The lowest BCUT2D eigenvalue weighted by molar-refractivity contribution is -0.137. The zero-order chi connectivity index (χ0) is 21.5. The molecule has 0 saturated carbocycles. The second-order valence-electron chi connectivity index (χ2n) is 7.09. The molecular formula is C22H19F3N2O2S. The Morgan fingerprint density at radius 2 is 1.53 bits per heavy atom. The average Bonchev–Trinajstić information content (AvgIpc) is 3.17. The summed E-state index contributed by atoms with van der Waals surface area (Å²) in [5, 5.41) is 0. The first kappa shape index (κ1) is 20.4. The average molecular weight is 432 g/mol. The van der Waals surface area contributed by atoms with Crippen molar-refractivity contribution in [3.8, 4) is 11.1 Å². The van der Waals surface area contributed by atoms with E-state index in [1.54, 1.807) is 36.4 Å². The molecule has 30 heavy (non-hydrogen) atoms. The van der Waals surface area contributed by atoms with E-state index < -0.39 is 21.8 Å². The summed E-state index contributed by atoms with van der Waals surface area (Å²) in [7, 11) is -3.71. The molecule has 4 rings (SSSR count). The molecule has 3 aromatic carbocycles. The fraction of sp³-hybridized carbons (Fsp3) is 0.182. The number of anilines is 1. The lowest BCUT2D eigenvalue weighted by Crippen LogP contribution is -2.29. The highest BCUT2D eigenvalue weighted by molar-refractivity contribution is 7.92. The molecular weight excluding hydrogens is 413 g/mol. The summed E-state index contributed by atoms with van der Waals surface area (Å²) < 4.78 is 65.8. The minimum Gasteiger partial charge on any atom is -0.326 e. The SMILES string of the molecule is NCc1ccc(S(=O)(=O)N2CCc3cc(-c4ccc(C(F)(F)F)cc4)ccc32)cc1. The van der Waals surface area contributed by atoms with E-state index in [9.17, 15) is 21.6 Å². The summed E-state index contributed by atoms with van der Waals surface area (Å²) in [5.41, 5.74) is 8.53. The molecule has 0 spiro atoms. The molecule has 2 N–H and O–H groups in total. The van der Waals surface area contributed by atoms with E-state index in [4.69, 9.17) is 5.73 Å². The maximum atomic E-state index is 13.1. The van der Waals surface area contributed by atoms with Crippen LogP contribution in [0.1, 0.15) is 16.7 Å². The lowest BCUT2D eigenvalue weighted by Gasteiger charge is -2.20. The molecule has 0 amide bonds. The van der Waals surface area contributed by atoms with Gasteiger partial charge in [0.25, 0.3) is 10.0 Å². The number of alkyl halides is 3. The Hall–Kier alpha value is -2.84. The predicted octanol–water partition coefficient (Wildman–Crippen LogP) is 4.58. The Labute approximate surface area is 172 Å². The minimum absolute atomic E-state index is 0.194. The molecule has 0 fully saturated rings. The Balaban J connectivity index is 1.63. The number of nitrogens with zero attached hydrogens (tertiary/aromatic N) is 1. The van der Waals surface area contributed by atoms with Gasteiger partial charge in [0.05, 0.1) is 16.1 Å². The zero-order valence-corrected chi connectivity index (χ0v) is 16.7. The molecule has 0 unspecified atom stereocenters. The van der Waals surface area contributed by atoms with E-state index >= 15 is 0 Å². The van der Waals surface area contributed by atoms with Crippen LogP contribution in [-0.4, -0.2) is 15.0 Å². The van der Waals surface area contributed by atoms with Gasteiger partial charge in [-0.25, -0.2) is 8.42 Å². The third-order valence-corrected chi connectivity index (χ3v) is 7.05. The van der Waals surface area contributed by atoms with Gasteiger partial charge in [0.15, 0.2) is 0 Å². The van der Waals surface area contributed by atoms with Crippen molar-refractivity contribution in [2.75, 3.05) is 10.8 Å². The number of nitrogens with two attached hydrogens (primary N) is 1. The van der Waals surface area contributed by atoms with Crippen molar-refractivity contribution in [1.29, 1.82) is 0 Å². The first-order valence-corrected chi connectivity index (χ1v) is 10.8. The van der Waals surface area contributed by atoms with Gasteiger partial charge in [-0.3, -0.25) is 4.31 Å². The number of rotatable bonds is 4. The number of benzene rings is 3. The zero-order valence-electron chi connectivity index (χ0n) is 15.9. The summed E-state index contributed by atoms with van der Waals surface area (Å²) in [6, 6.07) is 16.7. The van der Waals surface area contributed by atoms with Gasteiger partial charge in [0, 0.05) is 13.1 Å². The maximum Gasteiger partial charge on any atom is 0.416 e.